The molecule has 0 amide bonds. The molecule has 0 saturated heterocycles. The Morgan fingerprint density at radius 1 is 1.33 bits per heavy atom. The number of Topliss-reactive ketones (excluding diaryl/α,β-unsaturated/α-hetero) is 1. The van der Waals surface area contributed by atoms with E-state index in [1.807, 2.05) is 27.7 Å². The second-order valence-corrected chi connectivity index (χ2v) is 5.54. The number of carbonyl (C=O) groups is 1. The highest BCUT2D eigenvalue weighted by molar-refractivity contribution is 6.63. The van der Waals surface area contributed by atoms with E-state index in [0.717, 1.165) is 11.1 Å². The zero-order valence-electron chi connectivity index (χ0n) is 9.32. The van der Waals surface area contributed by atoms with E-state index in [1.165, 1.54) is 0 Å². The van der Waals surface area contributed by atoms with Crippen LogP contribution in [0, 0.1) is 5.92 Å². The maximum absolute atomic E-state index is 11.6. The van der Waals surface area contributed by atoms with Gasteiger partial charge in [-0.3, -0.25) is 4.79 Å². The predicted octanol–water partition coefficient (Wildman–Crippen LogP) is 3.82. The first-order chi connectivity index (χ1) is 6.78. The number of hydrogen-bond donors (Lipinski definition) is 0. The van der Waals surface area contributed by atoms with E-state index < -0.39 is 4.33 Å². The average Bonchev–Trinajstić information content (AvgIpc) is 2.09. The topological polar surface area (TPSA) is 17.1 Å². The summed E-state index contributed by atoms with van der Waals surface area (Å²) in [6, 6.07) is 0. The fourth-order valence-corrected chi connectivity index (χ4v) is 2.09. The Balaban J connectivity index is 3.13. The van der Waals surface area contributed by atoms with Gasteiger partial charge in [-0.2, -0.15) is 0 Å². The summed E-state index contributed by atoms with van der Waals surface area (Å²) in [4.78, 5) is 11.6. The third-order valence-electron chi connectivity index (χ3n) is 2.33. The van der Waals surface area contributed by atoms with Gasteiger partial charge in [0.05, 0.1) is 5.92 Å². The van der Waals surface area contributed by atoms with Gasteiger partial charge in [0, 0.05) is 5.57 Å². The van der Waals surface area contributed by atoms with Gasteiger partial charge >= 0.3 is 0 Å². The van der Waals surface area contributed by atoms with Gasteiger partial charge in [0.15, 0.2) is 10.1 Å². The van der Waals surface area contributed by atoms with E-state index in [1.54, 1.807) is 6.08 Å². The maximum Gasteiger partial charge on any atom is 0.196 e. The molecule has 0 aromatic heterocycles. The molecule has 82 valence electrons. The highest BCUT2D eigenvalue weighted by Crippen LogP contribution is 2.50. The number of alkyl halides is 2. The molecule has 0 N–H and O–H groups in total. The van der Waals surface area contributed by atoms with Crippen LogP contribution in [0.2, 0.25) is 0 Å². The Morgan fingerprint density at radius 3 is 2.27 bits per heavy atom. The van der Waals surface area contributed by atoms with Gasteiger partial charge in [0.25, 0.3) is 0 Å². The average molecular weight is 245 g/mol. The number of rotatable bonds is 1. The Labute approximate surface area is 100 Å². The van der Waals surface area contributed by atoms with Crippen molar-refractivity contribution in [3.05, 3.63) is 28.5 Å². The lowest BCUT2D eigenvalue weighted by molar-refractivity contribution is -0.120. The molecule has 0 aromatic carbocycles. The molecule has 0 bridgehead atoms. The molecule has 0 heterocycles. The molecular weight excluding hydrogens is 231 g/mol. The lowest BCUT2D eigenvalue weighted by atomic mass is 9.74. The SMILES string of the molecule is CC(C)=C=CC1C(=C(C)C)C(=O)C1(Cl)Cl. The zero-order chi connectivity index (χ0) is 11.8. The quantitative estimate of drug-likeness (QED) is 0.390. The maximum atomic E-state index is 11.6. The summed E-state index contributed by atoms with van der Waals surface area (Å²) in [5, 5.41) is 0. The van der Waals surface area contributed by atoms with Crippen molar-refractivity contribution in [3.63, 3.8) is 0 Å². The lowest BCUT2D eigenvalue weighted by Crippen LogP contribution is -2.49. The van der Waals surface area contributed by atoms with Crippen molar-refractivity contribution >= 4 is 29.0 Å². The van der Waals surface area contributed by atoms with Gasteiger partial charge in [-0.05, 0) is 39.3 Å². The smallest absolute Gasteiger partial charge is 0.196 e. The minimum Gasteiger partial charge on any atom is -0.291 e. The second-order valence-electron chi connectivity index (χ2n) is 4.15. The van der Waals surface area contributed by atoms with Gasteiger partial charge < -0.3 is 0 Å². The van der Waals surface area contributed by atoms with Gasteiger partial charge in [0.2, 0.25) is 0 Å². The molecular formula is C12H14Cl2O. The third-order valence-corrected chi connectivity index (χ3v) is 3.14. The van der Waals surface area contributed by atoms with Gasteiger partial charge in [0.1, 0.15) is 0 Å². The van der Waals surface area contributed by atoms with E-state index in [9.17, 15) is 4.79 Å². The molecule has 3 heteroatoms. The highest BCUT2D eigenvalue weighted by Gasteiger charge is 2.56. The van der Waals surface area contributed by atoms with Crippen LogP contribution in [0.4, 0.5) is 0 Å². The highest BCUT2D eigenvalue weighted by atomic mass is 35.5. The van der Waals surface area contributed by atoms with Gasteiger partial charge in [-0.25, -0.2) is 0 Å². The lowest BCUT2D eigenvalue weighted by Gasteiger charge is -2.39. The van der Waals surface area contributed by atoms with Crippen molar-refractivity contribution in [1.82, 2.24) is 0 Å². The number of ketones is 1. The number of halogens is 2. The Morgan fingerprint density at radius 2 is 1.87 bits per heavy atom. The molecule has 1 aliphatic rings. The van der Waals surface area contributed by atoms with Crippen LogP contribution in [0.25, 0.3) is 0 Å². The molecule has 1 atom stereocenters. The zero-order valence-corrected chi connectivity index (χ0v) is 10.8. The fraction of sp³-hybridized carbons (Fsp3) is 0.500. The van der Waals surface area contributed by atoms with Gasteiger partial charge in [-0.15, -0.1) is 5.73 Å². The summed E-state index contributed by atoms with van der Waals surface area (Å²) in [6.45, 7) is 7.64. The molecule has 0 spiro atoms. The molecule has 1 aliphatic carbocycles. The molecule has 0 aromatic rings. The normalized spacial score (nSPS) is 22.9. The molecule has 1 rings (SSSR count). The molecule has 1 saturated carbocycles. The monoisotopic (exact) mass is 244 g/mol. The summed E-state index contributed by atoms with van der Waals surface area (Å²) < 4.78 is -1.30. The van der Waals surface area contributed by atoms with Crippen LogP contribution in [0.15, 0.2) is 28.5 Å². The van der Waals surface area contributed by atoms with Crippen molar-refractivity contribution in [1.29, 1.82) is 0 Å². The molecule has 1 fully saturated rings. The largest absolute Gasteiger partial charge is 0.291 e. The number of hydrogen-bond acceptors (Lipinski definition) is 1. The fourth-order valence-electron chi connectivity index (χ4n) is 1.54. The summed E-state index contributed by atoms with van der Waals surface area (Å²) in [5.41, 5.74) is 5.76. The van der Waals surface area contributed by atoms with Crippen LogP contribution in [-0.2, 0) is 4.79 Å². The first kappa shape index (κ1) is 12.6. The van der Waals surface area contributed by atoms with Crippen LogP contribution < -0.4 is 0 Å². The molecule has 0 radical (unpaired) electrons. The minimum absolute atomic E-state index is 0.178. The van der Waals surface area contributed by atoms with Crippen LogP contribution in [0.1, 0.15) is 27.7 Å². The molecule has 1 nitrogen and oxygen atoms in total. The second kappa shape index (κ2) is 4.17. The molecule has 15 heavy (non-hydrogen) atoms. The minimum atomic E-state index is -1.30. The van der Waals surface area contributed by atoms with Crippen LogP contribution in [0.5, 0.6) is 0 Å². The van der Waals surface area contributed by atoms with E-state index in [-0.39, 0.29) is 11.7 Å². The van der Waals surface area contributed by atoms with Crippen molar-refractivity contribution in [2.75, 3.05) is 0 Å². The van der Waals surface area contributed by atoms with Crippen LogP contribution >= 0.6 is 23.2 Å². The summed E-state index contributed by atoms with van der Waals surface area (Å²) in [7, 11) is 0. The van der Waals surface area contributed by atoms with E-state index in [4.69, 9.17) is 23.2 Å². The van der Waals surface area contributed by atoms with E-state index >= 15 is 0 Å². The molecule has 1 unspecified atom stereocenters. The Hall–Kier alpha value is -0.490. The van der Waals surface area contributed by atoms with Crippen molar-refractivity contribution in [2.24, 2.45) is 5.92 Å². The number of carbonyl (C=O) groups excluding carboxylic acids is 1. The van der Waals surface area contributed by atoms with Crippen LogP contribution in [-0.4, -0.2) is 10.1 Å². The summed E-state index contributed by atoms with van der Waals surface area (Å²) >= 11 is 11.9. The van der Waals surface area contributed by atoms with Gasteiger partial charge in [-0.1, -0.05) is 28.8 Å². The van der Waals surface area contributed by atoms with Crippen LogP contribution in [0.3, 0.4) is 0 Å². The van der Waals surface area contributed by atoms with E-state index in [2.05, 4.69) is 5.73 Å². The third kappa shape index (κ3) is 2.20. The van der Waals surface area contributed by atoms with Crippen molar-refractivity contribution < 1.29 is 4.79 Å². The van der Waals surface area contributed by atoms with E-state index in [0.29, 0.717) is 5.57 Å². The standard InChI is InChI=1S/C12H14Cl2O/c1-7(2)5-6-9-10(8(3)4)11(15)12(9,13)14/h6,9H,1-4H3. The summed E-state index contributed by atoms with van der Waals surface area (Å²) in [5.74, 6) is -0.407. The predicted molar refractivity (Wildman–Crippen MR) is 64.3 cm³/mol. The van der Waals surface area contributed by atoms with Crippen molar-refractivity contribution in [3.8, 4) is 0 Å². The Bertz CT molecular complexity index is 388. The first-order valence-corrected chi connectivity index (χ1v) is 5.54. The first-order valence-electron chi connectivity index (χ1n) is 4.78. The van der Waals surface area contributed by atoms with Crippen molar-refractivity contribution in [2.45, 2.75) is 32.0 Å². The summed E-state index contributed by atoms with van der Waals surface area (Å²) in [6.07, 6.45) is 1.78. The molecule has 0 aliphatic heterocycles. The Kier molecular flexibility index (Phi) is 3.50. The number of allylic oxidation sites excluding steroid dienone is 3.